The van der Waals surface area contributed by atoms with Crippen LogP contribution in [0.5, 0.6) is 11.6 Å². The zero-order valence-corrected chi connectivity index (χ0v) is 18.9. The van der Waals surface area contributed by atoms with E-state index in [9.17, 15) is 43.1 Å². The fourth-order valence-electron chi connectivity index (χ4n) is 3.73. The first-order valence-electron chi connectivity index (χ1n) is 10.5. The quantitative estimate of drug-likeness (QED) is 0.269. The molecular weight excluding hydrogens is 484 g/mol. The van der Waals surface area contributed by atoms with E-state index in [1.165, 1.54) is 33.1 Å². The van der Waals surface area contributed by atoms with E-state index in [1.807, 2.05) is 0 Å². The molecule has 1 fully saturated rings. The van der Waals surface area contributed by atoms with Gasteiger partial charge in [-0.25, -0.2) is 4.39 Å². The smallest absolute Gasteiger partial charge is 0.433 e. The molecule has 1 aliphatic heterocycles. The summed E-state index contributed by atoms with van der Waals surface area (Å²) in [6.07, 6.45) is -13.5. The molecule has 1 saturated heterocycles. The highest BCUT2D eigenvalue weighted by atomic mass is 19.4. The highest BCUT2D eigenvalue weighted by Crippen LogP contribution is 2.41. The number of nitrogens with zero attached hydrogens (tertiary/aromatic N) is 2. The van der Waals surface area contributed by atoms with Gasteiger partial charge in [-0.1, -0.05) is 6.07 Å². The van der Waals surface area contributed by atoms with Crippen molar-refractivity contribution in [3.8, 4) is 11.6 Å². The maximum atomic E-state index is 14.2. The van der Waals surface area contributed by atoms with Crippen molar-refractivity contribution in [1.82, 2.24) is 9.78 Å². The lowest BCUT2D eigenvalue weighted by atomic mass is 9.98. The highest BCUT2D eigenvalue weighted by Gasteiger charge is 2.56. The molecule has 1 aromatic carbocycles. The third-order valence-corrected chi connectivity index (χ3v) is 5.50. The number of rotatable bonds is 7. The Hall–Kier alpha value is -2.49. The largest absolute Gasteiger partial charge is 0.494 e. The van der Waals surface area contributed by atoms with Gasteiger partial charge in [-0.15, -0.1) is 5.10 Å². The molecule has 196 valence electrons. The van der Waals surface area contributed by atoms with Crippen LogP contribution >= 0.6 is 0 Å². The Morgan fingerprint density at radius 1 is 1.20 bits per heavy atom. The normalized spacial score (nSPS) is 27.3. The Bertz CT molecular complexity index is 1050. The number of halogens is 4. The minimum atomic E-state index is -4.96. The maximum Gasteiger partial charge on any atom is 0.433 e. The molecule has 3 rings (SSSR count). The summed E-state index contributed by atoms with van der Waals surface area (Å²) >= 11 is 0. The summed E-state index contributed by atoms with van der Waals surface area (Å²) in [5, 5.41) is 54.0. The van der Waals surface area contributed by atoms with Gasteiger partial charge in [-0.05, 0) is 31.5 Å². The molecule has 0 saturated carbocycles. The Morgan fingerprint density at radius 3 is 2.37 bits per heavy atom. The second-order valence-electron chi connectivity index (χ2n) is 8.31. The van der Waals surface area contributed by atoms with Crippen LogP contribution in [0.3, 0.4) is 0 Å². The predicted molar refractivity (Wildman–Crippen MR) is 109 cm³/mol. The molecule has 2 aromatic rings. The van der Waals surface area contributed by atoms with Crippen LogP contribution in [0.25, 0.3) is 0 Å². The summed E-state index contributed by atoms with van der Waals surface area (Å²) in [6.45, 7) is 1.89. The van der Waals surface area contributed by atoms with Crippen LogP contribution < -0.4 is 9.47 Å². The van der Waals surface area contributed by atoms with Gasteiger partial charge in [0.2, 0.25) is 5.88 Å². The lowest BCUT2D eigenvalue weighted by Gasteiger charge is -2.43. The summed E-state index contributed by atoms with van der Waals surface area (Å²) < 4.78 is 72.1. The number of hydrogen-bond donors (Lipinski definition) is 5. The van der Waals surface area contributed by atoms with Crippen LogP contribution in [0.15, 0.2) is 18.2 Å². The van der Waals surface area contributed by atoms with Gasteiger partial charge in [0, 0.05) is 12.5 Å². The predicted octanol–water partition coefficient (Wildman–Crippen LogP) is 0.720. The van der Waals surface area contributed by atoms with E-state index in [1.54, 1.807) is 0 Å². The van der Waals surface area contributed by atoms with Crippen molar-refractivity contribution in [3.05, 3.63) is 40.8 Å². The number of hydrogen-bond acceptors (Lipinski definition) is 9. The molecule has 0 spiro atoms. The van der Waals surface area contributed by atoms with Crippen molar-refractivity contribution in [1.29, 1.82) is 0 Å². The number of alkyl halides is 3. The average Bonchev–Trinajstić information content (AvgIpc) is 3.13. The third-order valence-electron chi connectivity index (χ3n) is 5.50. The molecular formula is C21H26F4N2O8. The van der Waals surface area contributed by atoms with Crippen LogP contribution in [-0.4, -0.2) is 79.4 Å². The summed E-state index contributed by atoms with van der Waals surface area (Å²) in [5.74, 6) is -4.98. The maximum absolute atomic E-state index is 14.2. The molecule has 1 unspecified atom stereocenters. The number of aliphatic hydroxyl groups excluding tert-OH is 4. The number of benzene rings is 1. The minimum Gasteiger partial charge on any atom is -0.494 e. The molecule has 0 aliphatic carbocycles. The summed E-state index contributed by atoms with van der Waals surface area (Å²) in [6, 6.07) is 2.65. The minimum absolute atomic E-state index is 0.0720. The molecule has 5 atom stereocenters. The highest BCUT2D eigenvalue weighted by molar-refractivity contribution is 5.40. The summed E-state index contributed by atoms with van der Waals surface area (Å²) in [5.41, 5.74) is -1.81. The number of methoxy groups -OCH3 is 1. The van der Waals surface area contributed by atoms with Gasteiger partial charge in [0.25, 0.3) is 0 Å². The third kappa shape index (κ3) is 5.22. The van der Waals surface area contributed by atoms with Crippen molar-refractivity contribution in [2.24, 2.45) is 0 Å². The number of ether oxygens (including phenoxy) is 3. The van der Waals surface area contributed by atoms with E-state index in [-0.39, 0.29) is 11.3 Å². The molecule has 2 heterocycles. The molecule has 14 heteroatoms. The summed E-state index contributed by atoms with van der Waals surface area (Å²) in [7, 11) is 1.22. The first-order chi connectivity index (χ1) is 16.2. The van der Waals surface area contributed by atoms with Gasteiger partial charge in [0.15, 0.2) is 17.7 Å². The zero-order chi connectivity index (χ0) is 26.3. The molecule has 35 heavy (non-hydrogen) atoms. The van der Waals surface area contributed by atoms with Gasteiger partial charge in [-0.3, -0.25) is 4.68 Å². The Kier molecular flexibility index (Phi) is 7.64. The molecule has 0 bridgehead atoms. The topological polar surface area (TPSA) is 147 Å². The van der Waals surface area contributed by atoms with Gasteiger partial charge in [-0.2, -0.15) is 13.2 Å². The fraction of sp³-hybridized carbons (Fsp3) is 0.571. The molecule has 0 amide bonds. The second-order valence-corrected chi connectivity index (χ2v) is 8.31. The molecule has 10 nitrogen and oxygen atoms in total. The Morgan fingerprint density at radius 2 is 1.86 bits per heavy atom. The van der Waals surface area contributed by atoms with E-state index < -0.39 is 78.6 Å². The van der Waals surface area contributed by atoms with Gasteiger partial charge >= 0.3 is 12.1 Å². The number of aliphatic hydroxyl groups is 5. The van der Waals surface area contributed by atoms with Crippen LogP contribution in [0, 0.1) is 5.82 Å². The van der Waals surface area contributed by atoms with Gasteiger partial charge in [0.1, 0.15) is 24.0 Å². The van der Waals surface area contributed by atoms with E-state index in [0.29, 0.717) is 4.68 Å². The van der Waals surface area contributed by atoms with Crippen molar-refractivity contribution in [2.45, 2.75) is 62.9 Å². The Balaban J connectivity index is 2.12. The summed E-state index contributed by atoms with van der Waals surface area (Å²) in [4.78, 5) is 0. The van der Waals surface area contributed by atoms with E-state index in [4.69, 9.17) is 14.2 Å². The average molecular weight is 510 g/mol. The van der Waals surface area contributed by atoms with E-state index >= 15 is 0 Å². The van der Waals surface area contributed by atoms with Gasteiger partial charge < -0.3 is 39.7 Å². The second kappa shape index (κ2) is 9.87. The van der Waals surface area contributed by atoms with E-state index in [0.717, 1.165) is 6.07 Å². The van der Waals surface area contributed by atoms with Crippen LogP contribution in [-0.2, 0) is 17.3 Å². The first-order valence-corrected chi connectivity index (χ1v) is 10.5. The lowest BCUT2D eigenvalue weighted by Crippen LogP contribution is -2.67. The van der Waals surface area contributed by atoms with Crippen LogP contribution in [0.2, 0.25) is 0 Å². The molecule has 1 aromatic heterocycles. The first kappa shape index (κ1) is 27.1. The molecule has 5 N–H and O–H groups in total. The SMILES string of the molecule is COc1ccc(Cc2c(OC3(O)O[C@H](CO)[C@@H](O)[C@@H](O)[C@H]3O)nn(C(C)C)c2C(F)(F)F)cc1F. The van der Waals surface area contributed by atoms with Crippen LogP contribution in [0.4, 0.5) is 17.6 Å². The monoisotopic (exact) mass is 510 g/mol. The number of aromatic nitrogens is 2. The lowest BCUT2D eigenvalue weighted by molar-refractivity contribution is -0.423. The van der Waals surface area contributed by atoms with Gasteiger partial charge in [0.05, 0.1) is 19.3 Å². The van der Waals surface area contributed by atoms with Crippen molar-refractivity contribution in [3.63, 3.8) is 0 Å². The van der Waals surface area contributed by atoms with Crippen molar-refractivity contribution in [2.75, 3.05) is 13.7 Å². The molecule has 1 aliphatic rings. The zero-order valence-electron chi connectivity index (χ0n) is 18.9. The standard InChI is InChI=1S/C21H26F4N2O8/c1-9(2)27-17(20(23,24)25)11(6-10-4-5-13(33-3)12(22)7-10)19(26-27)35-21(32)18(31)16(30)15(29)14(8-28)34-21/h4-5,7,9,14-16,18,28-32H,6,8H2,1-3H3/t14-,15-,16-,18-,21?/m1/s1. The van der Waals surface area contributed by atoms with E-state index in [2.05, 4.69) is 5.10 Å². The Labute approximate surface area is 196 Å². The fourth-order valence-corrected chi connectivity index (χ4v) is 3.73. The van der Waals surface area contributed by atoms with Crippen molar-refractivity contribution >= 4 is 0 Å². The van der Waals surface area contributed by atoms with Crippen molar-refractivity contribution < 1.29 is 57.3 Å². The molecule has 0 radical (unpaired) electrons. The van der Waals surface area contributed by atoms with Crippen LogP contribution in [0.1, 0.15) is 36.7 Å².